The molecule has 4 atom stereocenters. The molecule has 1 aliphatic rings. The van der Waals surface area contributed by atoms with Gasteiger partial charge in [-0.3, -0.25) is 19.1 Å². The largest absolute Gasteiger partial charge is 0.456 e. The topological polar surface area (TPSA) is 145 Å². The standard InChI is InChI=1S/C14H18FN5O5/c1-5(2)13(23)25-9-6(3-21)24-12(7(9)15)20-4-17-8-10(20)18-14(16)19-11(8)22/h4-7,9,12,21H,3H2,1-2H3,(H3,16,18,19,22)/t6-,7+,9-,12-/m1/s1. The molecule has 0 aliphatic carbocycles. The van der Waals surface area contributed by atoms with Crippen molar-refractivity contribution < 1.29 is 23.8 Å². The van der Waals surface area contributed by atoms with Crippen LogP contribution in [0.1, 0.15) is 20.1 Å². The molecule has 0 spiro atoms. The van der Waals surface area contributed by atoms with E-state index in [9.17, 15) is 19.1 Å². The third kappa shape index (κ3) is 2.96. The van der Waals surface area contributed by atoms with Crippen LogP contribution in [0, 0.1) is 5.92 Å². The first-order valence-corrected chi connectivity index (χ1v) is 7.66. The summed E-state index contributed by atoms with van der Waals surface area (Å²) < 4.78 is 26.7. The van der Waals surface area contributed by atoms with Crippen molar-refractivity contribution in [3.8, 4) is 0 Å². The molecule has 0 amide bonds. The molecule has 2 aromatic rings. The number of carbonyl (C=O) groups is 1. The number of esters is 1. The average molecular weight is 355 g/mol. The molecule has 136 valence electrons. The minimum atomic E-state index is -1.79. The zero-order chi connectivity index (χ0) is 18.3. The number of aromatic amines is 1. The fourth-order valence-electron chi connectivity index (χ4n) is 2.61. The molecule has 3 heterocycles. The SMILES string of the molecule is CC(C)C(=O)O[C@H]1[C@H](F)[C@H](n2cnc3c(=O)[nH]c(N)nc32)O[C@@H]1CO. The smallest absolute Gasteiger partial charge is 0.308 e. The van der Waals surface area contributed by atoms with Crippen LogP contribution in [0.25, 0.3) is 11.2 Å². The van der Waals surface area contributed by atoms with Gasteiger partial charge in [0.25, 0.3) is 5.56 Å². The molecule has 1 fully saturated rings. The first-order chi connectivity index (χ1) is 11.8. The third-order valence-corrected chi connectivity index (χ3v) is 3.90. The number of alkyl halides is 1. The molecular weight excluding hydrogens is 337 g/mol. The second-order valence-corrected chi connectivity index (χ2v) is 6.02. The maximum absolute atomic E-state index is 14.9. The van der Waals surface area contributed by atoms with Crippen LogP contribution >= 0.6 is 0 Å². The van der Waals surface area contributed by atoms with Gasteiger partial charge in [-0.2, -0.15) is 4.98 Å². The summed E-state index contributed by atoms with van der Waals surface area (Å²) in [6, 6.07) is 0. The molecule has 0 unspecified atom stereocenters. The summed E-state index contributed by atoms with van der Waals surface area (Å²) in [4.78, 5) is 33.7. The minimum Gasteiger partial charge on any atom is -0.456 e. The van der Waals surface area contributed by atoms with Crippen LogP contribution in [-0.2, 0) is 14.3 Å². The Bertz CT molecular complexity index is 850. The fraction of sp³-hybridized carbons (Fsp3) is 0.571. The number of halogens is 1. The van der Waals surface area contributed by atoms with Crippen molar-refractivity contribution in [3.63, 3.8) is 0 Å². The lowest BCUT2D eigenvalue weighted by molar-refractivity contribution is -0.158. The number of rotatable bonds is 4. The summed E-state index contributed by atoms with van der Waals surface area (Å²) in [5.41, 5.74) is 4.94. The van der Waals surface area contributed by atoms with E-state index < -0.39 is 48.7 Å². The number of nitrogens with two attached hydrogens (primary N) is 1. The lowest BCUT2D eigenvalue weighted by atomic mass is 10.1. The van der Waals surface area contributed by atoms with Crippen molar-refractivity contribution in [3.05, 3.63) is 16.7 Å². The lowest BCUT2D eigenvalue weighted by Crippen LogP contribution is -2.36. The number of imidazole rings is 1. The number of anilines is 1. The van der Waals surface area contributed by atoms with Gasteiger partial charge in [0.15, 0.2) is 29.7 Å². The molecule has 0 aromatic carbocycles. The van der Waals surface area contributed by atoms with Gasteiger partial charge in [-0.05, 0) is 0 Å². The van der Waals surface area contributed by atoms with Gasteiger partial charge in [0, 0.05) is 0 Å². The number of aliphatic hydroxyl groups is 1. The maximum atomic E-state index is 14.9. The Labute approximate surface area is 140 Å². The van der Waals surface area contributed by atoms with Crippen LogP contribution in [0.15, 0.2) is 11.1 Å². The number of aromatic nitrogens is 4. The van der Waals surface area contributed by atoms with Gasteiger partial charge in [-0.15, -0.1) is 0 Å². The zero-order valence-electron chi connectivity index (χ0n) is 13.5. The Morgan fingerprint density at radius 3 is 2.96 bits per heavy atom. The summed E-state index contributed by atoms with van der Waals surface area (Å²) in [7, 11) is 0. The van der Waals surface area contributed by atoms with Crippen LogP contribution in [0.3, 0.4) is 0 Å². The summed E-state index contributed by atoms with van der Waals surface area (Å²) >= 11 is 0. The number of hydrogen-bond acceptors (Lipinski definition) is 8. The molecule has 25 heavy (non-hydrogen) atoms. The van der Waals surface area contributed by atoms with Crippen molar-refractivity contribution in [1.82, 2.24) is 19.5 Å². The minimum absolute atomic E-state index is 0.0291. The predicted octanol–water partition coefficient (Wildman–Crippen LogP) is -0.503. The number of hydrogen-bond donors (Lipinski definition) is 3. The van der Waals surface area contributed by atoms with Crippen LogP contribution in [-0.4, -0.2) is 55.6 Å². The van der Waals surface area contributed by atoms with Crippen molar-refractivity contribution >= 4 is 23.1 Å². The number of fused-ring (bicyclic) bond motifs is 1. The van der Waals surface area contributed by atoms with E-state index in [0.717, 1.165) is 0 Å². The zero-order valence-corrected chi connectivity index (χ0v) is 13.5. The Morgan fingerprint density at radius 1 is 1.60 bits per heavy atom. The van der Waals surface area contributed by atoms with E-state index in [2.05, 4.69) is 15.0 Å². The summed E-state index contributed by atoms with van der Waals surface area (Å²) in [5, 5.41) is 9.42. The van der Waals surface area contributed by atoms with Crippen LogP contribution in [0.4, 0.5) is 10.3 Å². The second-order valence-electron chi connectivity index (χ2n) is 6.02. The highest BCUT2D eigenvalue weighted by molar-refractivity contribution is 5.72. The number of nitrogens with zero attached hydrogens (tertiary/aromatic N) is 3. The Balaban J connectivity index is 1.96. The molecule has 1 saturated heterocycles. The molecule has 4 N–H and O–H groups in total. The van der Waals surface area contributed by atoms with E-state index in [1.807, 2.05) is 0 Å². The number of ether oxygens (including phenoxy) is 2. The number of H-pyrrole nitrogens is 1. The molecule has 11 heteroatoms. The van der Waals surface area contributed by atoms with E-state index in [-0.39, 0.29) is 17.1 Å². The van der Waals surface area contributed by atoms with Gasteiger partial charge >= 0.3 is 5.97 Å². The first kappa shape index (κ1) is 17.3. The number of nitrogen functional groups attached to an aromatic ring is 1. The fourth-order valence-corrected chi connectivity index (χ4v) is 2.61. The molecule has 2 aromatic heterocycles. The predicted molar refractivity (Wildman–Crippen MR) is 83.2 cm³/mol. The van der Waals surface area contributed by atoms with Gasteiger partial charge in [0.05, 0.1) is 18.9 Å². The molecule has 0 radical (unpaired) electrons. The Hall–Kier alpha value is -2.53. The monoisotopic (exact) mass is 355 g/mol. The van der Waals surface area contributed by atoms with E-state index in [1.54, 1.807) is 13.8 Å². The van der Waals surface area contributed by atoms with Gasteiger partial charge in [0.2, 0.25) is 5.95 Å². The van der Waals surface area contributed by atoms with E-state index >= 15 is 0 Å². The molecular formula is C14H18FN5O5. The lowest BCUT2D eigenvalue weighted by Gasteiger charge is -2.19. The summed E-state index contributed by atoms with van der Waals surface area (Å²) in [6.45, 7) is 2.67. The number of aliphatic hydroxyl groups excluding tert-OH is 1. The van der Waals surface area contributed by atoms with Crippen molar-refractivity contribution in [2.24, 2.45) is 5.92 Å². The highest BCUT2D eigenvalue weighted by Crippen LogP contribution is 2.35. The van der Waals surface area contributed by atoms with Gasteiger partial charge in [-0.25, -0.2) is 9.37 Å². The third-order valence-electron chi connectivity index (χ3n) is 3.90. The molecule has 0 bridgehead atoms. The Morgan fingerprint density at radius 2 is 2.32 bits per heavy atom. The highest BCUT2D eigenvalue weighted by atomic mass is 19.1. The van der Waals surface area contributed by atoms with Gasteiger partial charge < -0.3 is 20.3 Å². The van der Waals surface area contributed by atoms with Crippen molar-refractivity contribution in [2.45, 2.75) is 38.5 Å². The quantitative estimate of drug-likeness (QED) is 0.622. The van der Waals surface area contributed by atoms with Gasteiger partial charge in [-0.1, -0.05) is 13.8 Å². The molecule has 10 nitrogen and oxygen atoms in total. The number of nitrogens with one attached hydrogen (secondary N) is 1. The van der Waals surface area contributed by atoms with E-state index in [1.165, 1.54) is 10.9 Å². The average Bonchev–Trinajstić information content (AvgIpc) is 3.09. The highest BCUT2D eigenvalue weighted by Gasteiger charge is 2.49. The molecule has 0 saturated carbocycles. The Kier molecular flexibility index (Phi) is 4.43. The maximum Gasteiger partial charge on any atom is 0.308 e. The van der Waals surface area contributed by atoms with Crippen LogP contribution in [0.5, 0.6) is 0 Å². The summed E-state index contributed by atoms with van der Waals surface area (Å²) in [6.07, 6.45) is -4.23. The summed E-state index contributed by atoms with van der Waals surface area (Å²) in [5.74, 6) is -1.22. The van der Waals surface area contributed by atoms with Crippen LogP contribution < -0.4 is 11.3 Å². The van der Waals surface area contributed by atoms with Crippen LogP contribution in [0.2, 0.25) is 0 Å². The number of carbonyl (C=O) groups excluding carboxylic acids is 1. The molecule has 3 rings (SSSR count). The van der Waals surface area contributed by atoms with E-state index in [4.69, 9.17) is 15.2 Å². The normalized spacial score (nSPS) is 26.4. The van der Waals surface area contributed by atoms with Crippen molar-refractivity contribution in [2.75, 3.05) is 12.3 Å². The van der Waals surface area contributed by atoms with Gasteiger partial charge in [0.1, 0.15) is 6.10 Å². The van der Waals surface area contributed by atoms with Crippen molar-refractivity contribution in [1.29, 1.82) is 0 Å². The molecule has 1 aliphatic heterocycles. The first-order valence-electron chi connectivity index (χ1n) is 7.66. The van der Waals surface area contributed by atoms with E-state index in [0.29, 0.717) is 0 Å². The second kappa shape index (κ2) is 6.41.